The number of piperidine rings is 1. The number of carboxylic acids is 1. The van der Waals surface area contributed by atoms with Crippen LogP contribution in [0.15, 0.2) is 17.5 Å². The molecule has 1 N–H and O–H groups in total. The van der Waals surface area contributed by atoms with Gasteiger partial charge < -0.3 is 9.84 Å². The van der Waals surface area contributed by atoms with Crippen LogP contribution < -0.4 is 0 Å². The lowest BCUT2D eigenvalue weighted by Crippen LogP contribution is -2.38. The van der Waals surface area contributed by atoms with Gasteiger partial charge in [0.2, 0.25) is 0 Å². The Bertz CT molecular complexity index is 385. The van der Waals surface area contributed by atoms with Crippen molar-refractivity contribution in [1.29, 1.82) is 0 Å². The Kier molecular flexibility index (Phi) is 5.36. The summed E-state index contributed by atoms with van der Waals surface area (Å²) in [4.78, 5) is 14.3. The van der Waals surface area contributed by atoms with Gasteiger partial charge in [0.05, 0.1) is 19.1 Å². The van der Waals surface area contributed by atoms with E-state index in [0.29, 0.717) is 12.6 Å². The maximum atomic E-state index is 10.4. The summed E-state index contributed by atoms with van der Waals surface area (Å²) in [5.74, 6) is -0.788. The van der Waals surface area contributed by atoms with E-state index in [1.54, 1.807) is 11.3 Å². The van der Waals surface area contributed by atoms with Crippen LogP contribution in [0.4, 0.5) is 0 Å². The second kappa shape index (κ2) is 7.03. The highest BCUT2D eigenvalue weighted by Gasteiger charge is 2.24. The van der Waals surface area contributed by atoms with E-state index < -0.39 is 5.97 Å². The van der Waals surface area contributed by atoms with E-state index in [4.69, 9.17) is 9.84 Å². The highest BCUT2D eigenvalue weighted by Crippen LogP contribution is 2.27. The van der Waals surface area contributed by atoms with Crippen LogP contribution in [0, 0.1) is 0 Å². The predicted molar refractivity (Wildman–Crippen MR) is 75.5 cm³/mol. The number of hydrogen-bond acceptors (Lipinski definition) is 4. The zero-order valence-corrected chi connectivity index (χ0v) is 12.1. The number of thiophene rings is 1. The molecule has 2 heterocycles. The van der Waals surface area contributed by atoms with Gasteiger partial charge >= 0.3 is 5.97 Å². The SMILES string of the molecule is CC(c1cccs1)N1CCC(OCCC(=O)O)CC1. The fourth-order valence-corrected chi connectivity index (χ4v) is 3.27. The first-order valence-electron chi connectivity index (χ1n) is 6.77. The van der Waals surface area contributed by atoms with Crippen molar-refractivity contribution in [3.8, 4) is 0 Å². The average Bonchev–Trinajstić information content (AvgIpc) is 2.92. The first-order valence-corrected chi connectivity index (χ1v) is 7.65. The van der Waals surface area contributed by atoms with Gasteiger partial charge in [0.25, 0.3) is 0 Å². The Morgan fingerprint density at radius 2 is 2.32 bits per heavy atom. The van der Waals surface area contributed by atoms with Gasteiger partial charge in [-0.3, -0.25) is 9.69 Å². The van der Waals surface area contributed by atoms with Crippen molar-refractivity contribution in [3.63, 3.8) is 0 Å². The Labute approximate surface area is 118 Å². The summed E-state index contributed by atoms with van der Waals surface area (Å²) in [6, 6.07) is 4.75. The van der Waals surface area contributed by atoms with E-state index in [1.807, 2.05) is 0 Å². The maximum absolute atomic E-state index is 10.4. The van der Waals surface area contributed by atoms with Crippen LogP contribution in [0.1, 0.15) is 37.1 Å². The lowest BCUT2D eigenvalue weighted by molar-refractivity contribution is -0.138. The zero-order valence-electron chi connectivity index (χ0n) is 11.2. The lowest BCUT2D eigenvalue weighted by Gasteiger charge is -2.35. The molecule has 19 heavy (non-hydrogen) atoms. The Morgan fingerprint density at radius 1 is 1.58 bits per heavy atom. The van der Waals surface area contributed by atoms with Gasteiger partial charge in [0.1, 0.15) is 0 Å². The molecule has 0 aromatic carbocycles. The first kappa shape index (κ1) is 14.5. The predicted octanol–water partition coefficient (Wildman–Crippen LogP) is 2.76. The summed E-state index contributed by atoms with van der Waals surface area (Å²) in [6.07, 6.45) is 2.32. The molecule has 1 fully saturated rings. The monoisotopic (exact) mass is 283 g/mol. The molecule has 106 valence electrons. The fraction of sp³-hybridized carbons (Fsp3) is 0.643. The third-order valence-corrected chi connectivity index (χ3v) is 4.69. The van der Waals surface area contributed by atoms with Gasteiger partial charge in [0.15, 0.2) is 0 Å². The number of carboxylic acid groups (broad SMARTS) is 1. The summed E-state index contributed by atoms with van der Waals surface area (Å²) < 4.78 is 5.61. The normalized spacial score (nSPS) is 19.4. The van der Waals surface area contributed by atoms with E-state index in [-0.39, 0.29) is 12.5 Å². The molecule has 0 saturated carbocycles. The van der Waals surface area contributed by atoms with Crippen LogP contribution in [0.2, 0.25) is 0 Å². The zero-order chi connectivity index (χ0) is 13.7. The van der Waals surface area contributed by atoms with Crippen LogP contribution >= 0.6 is 11.3 Å². The molecule has 0 bridgehead atoms. The summed E-state index contributed by atoms with van der Waals surface area (Å²) in [5.41, 5.74) is 0. The summed E-state index contributed by atoms with van der Waals surface area (Å²) in [7, 11) is 0. The average molecular weight is 283 g/mol. The highest BCUT2D eigenvalue weighted by molar-refractivity contribution is 7.10. The van der Waals surface area contributed by atoms with E-state index in [0.717, 1.165) is 25.9 Å². The van der Waals surface area contributed by atoms with Crippen molar-refractivity contribution in [2.45, 2.75) is 38.3 Å². The van der Waals surface area contributed by atoms with E-state index >= 15 is 0 Å². The van der Waals surface area contributed by atoms with E-state index in [1.165, 1.54) is 4.88 Å². The molecule has 0 radical (unpaired) electrons. The maximum Gasteiger partial charge on any atom is 0.305 e. The molecule has 1 aromatic heterocycles. The van der Waals surface area contributed by atoms with Gasteiger partial charge in [-0.05, 0) is 31.2 Å². The highest BCUT2D eigenvalue weighted by atomic mass is 32.1. The summed E-state index contributed by atoms with van der Waals surface area (Å²) >= 11 is 1.80. The molecule has 0 amide bonds. The van der Waals surface area contributed by atoms with Crippen LogP contribution in [-0.2, 0) is 9.53 Å². The lowest BCUT2D eigenvalue weighted by atomic mass is 10.1. The minimum atomic E-state index is -0.788. The van der Waals surface area contributed by atoms with E-state index in [2.05, 4.69) is 29.3 Å². The van der Waals surface area contributed by atoms with Gasteiger partial charge in [0, 0.05) is 24.0 Å². The molecule has 0 spiro atoms. The molecule has 1 aromatic rings. The van der Waals surface area contributed by atoms with Gasteiger partial charge in [-0.15, -0.1) is 11.3 Å². The third-order valence-electron chi connectivity index (χ3n) is 3.65. The minimum Gasteiger partial charge on any atom is -0.481 e. The number of ether oxygens (including phenoxy) is 1. The van der Waals surface area contributed by atoms with Crippen LogP contribution in [0.3, 0.4) is 0 Å². The Hall–Kier alpha value is -0.910. The molecule has 1 atom stereocenters. The number of carbonyl (C=O) groups is 1. The number of likely N-dealkylation sites (tertiary alicyclic amines) is 1. The van der Waals surface area contributed by atoms with Crippen LogP contribution in [-0.4, -0.2) is 41.8 Å². The minimum absolute atomic E-state index is 0.103. The topological polar surface area (TPSA) is 49.8 Å². The van der Waals surface area contributed by atoms with Gasteiger partial charge in [-0.25, -0.2) is 0 Å². The smallest absolute Gasteiger partial charge is 0.305 e. The van der Waals surface area contributed by atoms with Gasteiger partial charge in [-0.1, -0.05) is 6.07 Å². The molecule has 0 aliphatic carbocycles. The molecule has 1 unspecified atom stereocenters. The van der Waals surface area contributed by atoms with Crippen molar-refractivity contribution in [1.82, 2.24) is 4.90 Å². The molecular formula is C14H21NO3S. The van der Waals surface area contributed by atoms with Crippen molar-refractivity contribution < 1.29 is 14.6 Å². The Morgan fingerprint density at radius 3 is 2.89 bits per heavy atom. The molecule has 5 heteroatoms. The quantitative estimate of drug-likeness (QED) is 0.872. The second-order valence-corrected chi connectivity index (χ2v) is 5.92. The molecule has 1 saturated heterocycles. The fourth-order valence-electron chi connectivity index (χ4n) is 2.45. The van der Waals surface area contributed by atoms with Crippen molar-refractivity contribution in [2.75, 3.05) is 19.7 Å². The number of aliphatic carboxylic acids is 1. The largest absolute Gasteiger partial charge is 0.481 e. The van der Waals surface area contributed by atoms with Crippen molar-refractivity contribution in [2.24, 2.45) is 0 Å². The Balaban J connectivity index is 1.72. The van der Waals surface area contributed by atoms with Crippen LogP contribution in [0.5, 0.6) is 0 Å². The summed E-state index contributed by atoms with van der Waals surface area (Å²) in [6.45, 7) is 4.63. The van der Waals surface area contributed by atoms with Gasteiger partial charge in [-0.2, -0.15) is 0 Å². The number of hydrogen-bond donors (Lipinski definition) is 1. The standard InChI is InChI=1S/C14H21NO3S/c1-11(13-3-2-10-19-13)15-7-4-12(5-8-15)18-9-6-14(16)17/h2-3,10-12H,4-9H2,1H3,(H,16,17). The number of nitrogens with zero attached hydrogens (tertiary/aromatic N) is 1. The van der Waals surface area contributed by atoms with E-state index in [9.17, 15) is 4.79 Å². The van der Waals surface area contributed by atoms with Crippen molar-refractivity contribution >= 4 is 17.3 Å². The molecule has 1 aliphatic heterocycles. The van der Waals surface area contributed by atoms with Crippen molar-refractivity contribution in [3.05, 3.63) is 22.4 Å². The third kappa shape index (κ3) is 4.30. The molecule has 4 nitrogen and oxygen atoms in total. The molecular weight excluding hydrogens is 262 g/mol. The first-order chi connectivity index (χ1) is 9.16. The number of rotatable bonds is 6. The summed E-state index contributed by atoms with van der Waals surface area (Å²) in [5, 5.41) is 10.7. The van der Waals surface area contributed by atoms with Crippen LogP contribution in [0.25, 0.3) is 0 Å². The molecule has 1 aliphatic rings. The molecule has 2 rings (SSSR count). The second-order valence-electron chi connectivity index (χ2n) is 4.94.